The molecule has 0 spiro atoms. The lowest BCUT2D eigenvalue weighted by Gasteiger charge is -2.12. The standard InChI is InChI=1S/C30H26O9S2/c1-21-11-15-25(16-12-21)40(33,34)38-27-9-5-3-7-23(27)19-29(31)37-30(32)20-24-8-4-6-10-28(24)39-41(35,36)26-17-13-22(2)14-18-26/h3-18H,19-20H2,1-2H3. The van der Waals surface area contributed by atoms with Gasteiger partial charge < -0.3 is 13.1 Å². The van der Waals surface area contributed by atoms with Crippen molar-refractivity contribution in [2.24, 2.45) is 0 Å². The van der Waals surface area contributed by atoms with Gasteiger partial charge in [0.1, 0.15) is 21.3 Å². The number of benzene rings is 4. The number of hydrogen-bond donors (Lipinski definition) is 0. The van der Waals surface area contributed by atoms with Crippen LogP contribution in [0.3, 0.4) is 0 Å². The Morgan fingerprint density at radius 2 is 0.878 bits per heavy atom. The van der Waals surface area contributed by atoms with E-state index in [1.165, 1.54) is 48.5 Å². The van der Waals surface area contributed by atoms with Gasteiger partial charge in [0.05, 0.1) is 12.8 Å². The number of esters is 2. The molecule has 11 heteroatoms. The normalized spacial score (nSPS) is 11.5. The van der Waals surface area contributed by atoms with Crippen LogP contribution >= 0.6 is 0 Å². The average Bonchev–Trinajstić information content (AvgIpc) is 2.91. The molecule has 4 rings (SSSR count). The fourth-order valence-corrected chi connectivity index (χ4v) is 5.64. The highest BCUT2D eigenvalue weighted by Gasteiger charge is 2.22. The Morgan fingerprint density at radius 1 is 0.537 bits per heavy atom. The third-order valence-corrected chi connectivity index (χ3v) is 8.36. The van der Waals surface area contributed by atoms with Crippen LogP contribution in [0, 0.1) is 13.8 Å². The summed E-state index contributed by atoms with van der Waals surface area (Å²) in [4.78, 5) is 25.1. The summed E-state index contributed by atoms with van der Waals surface area (Å²) in [5.74, 6) is -2.08. The predicted molar refractivity (Wildman–Crippen MR) is 149 cm³/mol. The quantitative estimate of drug-likeness (QED) is 0.146. The summed E-state index contributed by atoms with van der Waals surface area (Å²) >= 11 is 0. The predicted octanol–water partition coefficient (Wildman–Crippen LogP) is 4.69. The van der Waals surface area contributed by atoms with Gasteiger partial charge in [-0.2, -0.15) is 16.8 Å². The van der Waals surface area contributed by atoms with E-state index in [0.717, 1.165) is 11.1 Å². The van der Waals surface area contributed by atoms with Crippen LogP contribution in [0.1, 0.15) is 22.3 Å². The molecule has 0 fully saturated rings. The van der Waals surface area contributed by atoms with Gasteiger partial charge in [0, 0.05) is 11.1 Å². The Balaban J connectivity index is 1.42. The van der Waals surface area contributed by atoms with Crippen LogP contribution in [0.2, 0.25) is 0 Å². The molecule has 41 heavy (non-hydrogen) atoms. The zero-order valence-electron chi connectivity index (χ0n) is 22.1. The lowest BCUT2D eigenvalue weighted by atomic mass is 10.1. The van der Waals surface area contributed by atoms with E-state index >= 15 is 0 Å². The summed E-state index contributed by atoms with van der Waals surface area (Å²) < 4.78 is 66.4. The summed E-state index contributed by atoms with van der Waals surface area (Å²) in [7, 11) is -8.35. The molecule has 0 bridgehead atoms. The summed E-state index contributed by atoms with van der Waals surface area (Å²) in [5, 5.41) is 0. The molecule has 0 atom stereocenters. The average molecular weight is 595 g/mol. The van der Waals surface area contributed by atoms with Gasteiger partial charge >= 0.3 is 32.2 Å². The van der Waals surface area contributed by atoms with Crippen LogP contribution in [0.15, 0.2) is 107 Å². The lowest BCUT2D eigenvalue weighted by Crippen LogP contribution is -2.18. The van der Waals surface area contributed by atoms with E-state index in [4.69, 9.17) is 13.1 Å². The van der Waals surface area contributed by atoms with Gasteiger partial charge in [-0.1, -0.05) is 71.8 Å². The Hall–Kier alpha value is -4.48. The van der Waals surface area contributed by atoms with Gasteiger partial charge in [-0.25, -0.2) is 0 Å². The first kappa shape index (κ1) is 29.5. The molecule has 0 N–H and O–H groups in total. The minimum absolute atomic E-state index is 0.0547. The number of aryl methyl sites for hydroxylation is 2. The van der Waals surface area contributed by atoms with Crippen molar-refractivity contribution in [2.45, 2.75) is 36.5 Å². The van der Waals surface area contributed by atoms with Crippen molar-refractivity contribution < 1.29 is 39.5 Å². The maximum Gasteiger partial charge on any atom is 0.339 e. The Labute approximate surface area is 238 Å². The molecule has 0 saturated carbocycles. The molecule has 9 nitrogen and oxygen atoms in total. The van der Waals surface area contributed by atoms with E-state index in [0.29, 0.717) is 0 Å². The summed E-state index contributed by atoms with van der Waals surface area (Å²) in [5.41, 5.74) is 2.13. The Morgan fingerprint density at radius 3 is 1.24 bits per heavy atom. The minimum atomic E-state index is -4.18. The second kappa shape index (κ2) is 12.4. The van der Waals surface area contributed by atoms with Crippen LogP contribution < -0.4 is 8.37 Å². The van der Waals surface area contributed by atoms with Gasteiger partial charge in [-0.05, 0) is 50.2 Å². The summed E-state index contributed by atoms with van der Waals surface area (Å²) in [6.45, 7) is 3.64. The largest absolute Gasteiger partial charge is 0.393 e. The van der Waals surface area contributed by atoms with Gasteiger partial charge in [0.15, 0.2) is 0 Å². The zero-order valence-corrected chi connectivity index (χ0v) is 23.8. The molecule has 0 aliphatic heterocycles. The molecule has 0 saturated heterocycles. The molecule has 0 heterocycles. The smallest absolute Gasteiger partial charge is 0.339 e. The van der Waals surface area contributed by atoms with Crippen molar-refractivity contribution in [2.75, 3.05) is 0 Å². The monoisotopic (exact) mass is 594 g/mol. The lowest BCUT2D eigenvalue weighted by molar-refractivity contribution is -0.158. The van der Waals surface area contributed by atoms with E-state index in [-0.39, 0.29) is 32.4 Å². The first-order valence-corrected chi connectivity index (χ1v) is 15.2. The van der Waals surface area contributed by atoms with Crippen LogP contribution in [-0.2, 0) is 47.4 Å². The van der Waals surface area contributed by atoms with Crippen LogP contribution in [0.4, 0.5) is 0 Å². The van der Waals surface area contributed by atoms with Gasteiger partial charge in [0.2, 0.25) is 0 Å². The maximum absolute atomic E-state index is 12.7. The third-order valence-electron chi connectivity index (χ3n) is 5.86. The fourth-order valence-electron chi connectivity index (χ4n) is 3.71. The second-order valence-electron chi connectivity index (χ2n) is 9.12. The third kappa shape index (κ3) is 7.80. The highest BCUT2D eigenvalue weighted by molar-refractivity contribution is 7.87. The van der Waals surface area contributed by atoms with E-state index in [1.807, 2.05) is 13.8 Å². The van der Waals surface area contributed by atoms with Crippen molar-refractivity contribution in [1.82, 2.24) is 0 Å². The number of carbonyl (C=O) groups excluding carboxylic acids is 2. The molecule has 212 valence electrons. The van der Waals surface area contributed by atoms with Crippen molar-refractivity contribution in [1.29, 1.82) is 0 Å². The second-order valence-corrected chi connectivity index (χ2v) is 12.2. The van der Waals surface area contributed by atoms with E-state index in [1.54, 1.807) is 48.5 Å². The highest BCUT2D eigenvalue weighted by atomic mass is 32.2. The molecule has 4 aromatic carbocycles. The molecule has 0 radical (unpaired) electrons. The Bertz CT molecular complexity index is 1640. The first-order valence-electron chi connectivity index (χ1n) is 12.3. The van der Waals surface area contributed by atoms with Gasteiger partial charge in [0.25, 0.3) is 0 Å². The Kier molecular flexibility index (Phi) is 8.89. The maximum atomic E-state index is 12.7. The molecule has 0 aliphatic carbocycles. The minimum Gasteiger partial charge on any atom is -0.393 e. The molecule has 4 aromatic rings. The molecular weight excluding hydrogens is 568 g/mol. The van der Waals surface area contributed by atoms with E-state index in [2.05, 4.69) is 0 Å². The van der Waals surface area contributed by atoms with Crippen molar-refractivity contribution in [3.8, 4) is 11.5 Å². The number of carbonyl (C=O) groups is 2. The number of rotatable bonds is 10. The molecular formula is C30H26O9S2. The molecule has 0 amide bonds. The molecule has 0 aliphatic rings. The van der Waals surface area contributed by atoms with E-state index in [9.17, 15) is 26.4 Å². The van der Waals surface area contributed by atoms with Crippen LogP contribution in [-0.4, -0.2) is 28.8 Å². The van der Waals surface area contributed by atoms with Crippen molar-refractivity contribution in [3.63, 3.8) is 0 Å². The number of hydrogen-bond acceptors (Lipinski definition) is 9. The SMILES string of the molecule is Cc1ccc(S(=O)(=O)Oc2ccccc2CC(=O)OC(=O)Cc2ccccc2OS(=O)(=O)c2ccc(C)cc2)cc1. The van der Waals surface area contributed by atoms with Gasteiger partial charge in [-0.15, -0.1) is 0 Å². The molecule has 0 aromatic heterocycles. The molecule has 0 unspecified atom stereocenters. The van der Waals surface area contributed by atoms with Crippen molar-refractivity contribution in [3.05, 3.63) is 119 Å². The zero-order chi connectivity index (χ0) is 29.6. The van der Waals surface area contributed by atoms with E-state index < -0.39 is 45.0 Å². The number of para-hydroxylation sites is 2. The van der Waals surface area contributed by atoms with Crippen molar-refractivity contribution >= 4 is 32.2 Å². The van der Waals surface area contributed by atoms with Crippen LogP contribution in [0.25, 0.3) is 0 Å². The summed E-state index contributed by atoms with van der Waals surface area (Å²) in [6, 6.07) is 24.1. The van der Waals surface area contributed by atoms with Gasteiger partial charge in [-0.3, -0.25) is 9.59 Å². The highest BCUT2D eigenvalue weighted by Crippen LogP contribution is 2.26. The summed E-state index contributed by atoms with van der Waals surface area (Å²) in [6.07, 6.45) is -0.906. The number of ether oxygens (including phenoxy) is 1. The topological polar surface area (TPSA) is 130 Å². The first-order chi connectivity index (χ1) is 19.4. The fraction of sp³-hybridized carbons (Fsp3) is 0.133. The van der Waals surface area contributed by atoms with Crippen LogP contribution in [0.5, 0.6) is 11.5 Å².